The van der Waals surface area contributed by atoms with Crippen molar-refractivity contribution in [2.45, 2.75) is 64.0 Å². The van der Waals surface area contributed by atoms with Gasteiger partial charge in [-0.05, 0) is 76.4 Å². The van der Waals surface area contributed by atoms with Crippen molar-refractivity contribution in [3.63, 3.8) is 0 Å². The molecule has 0 amide bonds. The predicted octanol–water partition coefficient (Wildman–Crippen LogP) is 1.87. The van der Waals surface area contributed by atoms with Gasteiger partial charge >= 0.3 is 0 Å². The van der Waals surface area contributed by atoms with Crippen LogP contribution in [0.2, 0.25) is 0 Å². The monoisotopic (exact) mass is 332 g/mol. The Balaban J connectivity index is 1.31. The minimum atomic E-state index is -0.197. The minimum Gasteiger partial charge on any atom is -0.391 e. The summed E-state index contributed by atoms with van der Waals surface area (Å²) in [5, 5.41) is 21.4. The molecular weight excluding hydrogens is 300 g/mol. The molecule has 0 aromatic carbocycles. The van der Waals surface area contributed by atoms with Gasteiger partial charge in [-0.25, -0.2) is 0 Å². The summed E-state index contributed by atoms with van der Waals surface area (Å²) in [6.07, 6.45) is 8.83. The van der Waals surface area contributed by atoms with Gasteiger partial charge in [-0.15, -0.1) is 0 Å². The molecule has 0 bridgehead atoms. The van der Waals surface area contributed by atoms with E-state index in [1.54, 1.807) is 0 Å². The van der Waals surface area contributed by atoms with E-state index in [0.717, 1.165) is 30.9 Å². The molecule has 2 aliphatic heterocycles. The number of aliphatic hydroxyl groups is 1. The Morgan fingerprint density at radius 3 is 2.62 bits per heavy atom. The van der Waals surface area contributed by atoms with Gasteiger partial charge < -0.3 is 10.4 Å². The zero-order valence-electron chi connectivity index (χ0n) is 14.9. The molecule has 2 saturated heterocycles. The Morgan fingerprint density at radius 2 is 1.96 bits per heavy atom. The highest BCUT2D eigenvalue weighted by Crippen LogP contribution is 2.44. The van der Waals surface area contributed by atoms with E-state index in [9.17, 15) is 5.11 Å². The second-order valence-corrected chi connectivity index (χ2v) is 8.51. The number of rotatable bonds is 3. The molecule has 2 atom stereocenters. The number of hydrogen-bond acceptors (Lipinski definition) is 4. The molecule has 5 heteroatoms. The number of H-pyrrole nitrogens is 1. The summed E-state index contributed by atoms with van der Waals surface area (Å²) in [6, 6.07) is 2.79. The number of nitrogens with one attached hydrogen (secondary N) is 2. The lowest BCUT2D eigenvalue weighted by atomic mass is 9.67. The van der Waals surface area contributed by atoms with Crippen molar-refractivity contribution < 1.29 is 5.11 Å². The van der Waals surface area contributed by atoms with Crippen LogP contribution >= 0.6 is 0 Å². The fourth-order valence-corrected chi connectivity index (χ4v) is 5.27. The molecule has 1 spiro atoms. The fourth-order valence-electron chi connectivity index (χ4n) is 5.27. The minimum absolute atomic E-state index is 0.197. The van der Waals surface area contributed by atoms with Gasteiger partial charge in [0.1, 0.15) is 0 Å². The van der Waals surface area contributed by atoms with Crippen LogP contribution in [0.5, 0.6) is 0 Å². The van der Waals surface area contributed by atoms with Crippen molar-refractivity contribution in [3.05, 3.63) is 17.5 Å². The average Bonchev–Trinajstić information content (AvgIpc) is 3.15. The zero-order chi connectivity index (χ0) is 16.6. The summed E-state index contributed by atoms with van der Waals surface area (Å²) in [4.78, 5) is 2.57. The van der Waals surface area contributed by atoms with Crippen LogP contribution in [0.25, 0.3) is 0 Å². The first-order chi connectivity index (χ1) is 11.6. The molecule has 24 heavy (non-hydrogen) atoms. The molecular formula is C19H32N4O. The maximum Gasteiger partial charge on any atom is 0.0711 e. The van der Waals surface area contributed by atoms with Crippen LogP contribution in [0, 0.1) is 18.3 Å². The Bertz CT molecular complexity index is 541. The zero-order valence-corrected chi connectivity index (χ0v) is 14.9. The summed E-state index contributed by atoms with van der Waals surface area (Å²) in [5.41, 5.74) is 2.83. The Morgan fingerprint density at radius 1 is 1.21 bits per heavy atom. The molecule has 3 aliphatic rings. The number of nitrogens with zero attached hydrogens (tertiary/aromatic N) is 2. The highest BCUT2D eigenvalue weighted by Gasteiger charge is 2.41. The number of aryl methyl sites for hydroxylation is 1. The van der Waals surface area contributed by atoms with E-state index in [4.69, 9.17) is 0 Å². The lowest BCUT2D eigenvalue weighted by Crippen LogP contribution is -2.44. The van der Waals surface area contributed by atoms with E-state index in [1.165, 1.54) is 51.6 Å². The third-order valence-corrected chi connectivity index (χ3v) is 6.86. The summed E-state index contributed by atoms with van der Waals surface area (Å²) in [6.45, 7) is 6.34. The third kappa shape index (κ3) is 3.39. The molecule has 3 heterocycles. The van der Waals surface area contributed by atoms with E-state index < -0.39 is 0 Å². The second kappa shape index (κ2) is 6.77. The summed E-state index contributed by atoms with van der Waals surface area (Å²) < 4.78 is 0. The number of aliphatic hydroxyl groups excluding tert-OH is 1. The van der Waals surface area contributed by atoms with Gasteiger partial charge in [-0.3, -0.25) is 10.00 Å². The lowest BCUT2D eigenvalue weighted by molar-refractivity contribution is 0.0688. The maximum atomic E-state index is 10.5. The molecule has 0 radical (unpaired) electrons. The number of hydrogen-bond donors (Lipinski definition) is 3. The highest BCUT2D eigenvalue weighted by atomic mass is 16.3. The third-order valence-electron chi connectivity index (χ3n) is 6.86. The van der Waals surface area contributed by atoms with Crippen LogP contribution in [0.15, 0.2) is 6.07 Å². The Labute approximate surface area is 145 Å². The van der Waals surface area contributed by atoms with Crippen molar-refractivity contribution >= 4 is 0 Å². The van der Waals surface area contributed by atoms with Crippen LogP contribution in [0.1, 0.15) is 49.9 Å². The smallest absolute Gasteiger partial charge is 0.0711 e. The van der Waals surface area contributed by atoms with Crippen molar-refractivity contribution in [2.24, 2.45) is 11.3 Å². The number of aromatic amines is 1. The second-order valence-electron chi connectivity index (χ2n) is 8.51. The predicted molar refractivity (Wildman–Crippen MR) is 94.9 cm³/mol. The van der Waals surface area contributed by atoms with Gasteiger partial charge in [0, 0.05) is 30.7 Å². The summed E-state index contributed by atoms with van der Waals surface area (Å²) in [5.74, 6) is 0.336. The molecule has 1 aromatic heterocycles. The van der Waals surface area contributed by atoms with Crippen molar-refractivity contribution in [1.29, 1.82) is 0 Å². The van der Waals surface area contributed by atoms with Gasteiger partial charge in [0.2, 0.25) is 0 Å². The number of β-amino-alcohol motifs (C(OH)–C–C–N with tert-alkyl or cyclic N) is 1. The van der Waals surface area contributed by atoms with E-state index in [2.05, 4.69) is 26.5 Å². The van der Waals surface area contributed by atoms with Crippen LogP contribution < -0.4 is 5.32 Å². The van der Waals surface area contributed by atoms with Crippen LogP contribution in [0.3, 0.4) is 0 Å². The SMILES string of the molecule is Cc1cc(C[C@@H]2CN(C3CCC4(CCNCC4)CC3)C[C@H]2O)n[nH]1. The highest BCUT2D eigenvalue weighted by molar-refractivity contribution is 5.09. The fraction of sp³-hybridized carbons (Fsp3) is 0.842. The van der Waals surface area contributed by atoms with Gasteiger partial charge in [-0.2, -0.15) is 5.10 Å². The van der Waals surface area contributed by atoms with Gasteiger partial charge in [-0.1, -0.05) is 0 Å². The molecule has 1 aromatic rings. The van der Waals surface area contributed by atoms with Gasteiger partial charge in [0.15, 0.2) is 0 Å². The lowest BCUT2D eigenvalue weighted by Gasteiger charge is -2.45. The first kappa shape index (κ1) is 16.6. The molecule has 134 valence electrons. The van der Waals surface area contributed by atoms with Crippen molar-refractivity contribution in [2.75, 3.05) is 26.2 Å². The first-order valence-corrected chi connectivity index (χ1v) is 9.77. The Hall–Kier alpha value is -0.910. The normalized spacial score (nSPS) is 31.8. The molecule has 1 aliphatic carbocycles. The van der Waals surface area contributed by atoms with Crippen molar-refractivity contribution in [1.82, 2.24) is 20.4 Å². The van der Waals surface area contributed by atoms with Crippen LogP contribution in [-0.4, -0.2) is 58.5 Å². The number of likely N-dealkylation sites (tertiary alicyclic amines) is 1. The Kier molecular flexibility index (Phi) is 4.67. The topological polar surface area (TPSA) is 64.2 Å². The summed E-state index contributed by atoms with van der Waals surface area (Å²) >= 11 is 0. The maximum absolute atomic E-state index is 10.5. The molecule has 3 N–H and O–H groups in total. The quantitative estimate of drug-likeness (QED) is 0.791. The molecule has 0 unspecified atom stereocenters. The van der Waals surface area contributed by atoms with Crippen molar-refractivity contribution in [3.8, 4) is 0 Å². The summed E-state index contributed by atoms with van der Waals surface area (Å²) in [7, 11) is 0. The molecule has 4 rings (SSSR count). The average molecular weight is 332 g/mol. The van der Waals surface area contributed by atoms with Gasteiger partial charge in [0.05, 0.1) is 11.8 Å². The van der Waals surface area contributed by atoms with E-state index in [-0.39, 0.29) is 6.10 Å². The first-order valence-electron chi connectivity index (χ1n) is 9.77. The van der Waals surface area contributed by atoms with Crippen LogP contribution in [-0.2, 0) is 6.42 Å². The van der Waals surface area contributed by atoms with E-state index in [1.807, 2.05) is 6.92 Å². The number of piperidine rings is 1. The number of aromatic nitrogens is 2. The van der Waals surface area contributed by atoms with E-state index in [0.29, 0.717) is 17.4 Å². The van der Waals surface area contributed by atoms with E-state index >= 15 is 0 Å². The molecule has 3 fully saturated rings. The molecule has 1 saturated carbocycles. The van der Waals surface area contributed by atoms with Crippen LogP contribution in [0.4, 0.5) is 0 Å². The largest absolute Gasteiger partial charge is 0.391 e. The molecule has 5 nitrogen and oxygen atoms in total. The van der Waals surface area contributed by atoms with Gasteiger partial charge in [0.25, 0.3) is 0 Å². The standard InChI is InChI=1S/C19H32N4O/c1-14-10-16(22-21-14)11-15-12-23(13-18(15)24)17-2-4-19(5-3-17)6-8-20-9-7-19/h10,15,17-18,20,24H,2-9,11-13H2,1H3,(H,21,22)/t15-,18-/m1/s1.